The van der Waals surface area contributed by atoms with Gasteiger partial charge in [-0.3, -0.25) is 29.4 Å². The summed E-state index contributed by atoms with van der Waals surface area (Å²) in [6, 6.07) is 5.02. The Balaban J connectivity index is 2.87. The van der Waals surface area contributed by atoms with E-state index >= 15 is 0 Å². The predicted molar refractivity (Wildman–Crippen MR) is 88.9 cm³/mol. The SMILES string of the molecule is Cc1ccc(CBr)cc1C(=O)N(C=O)C(C)CCC(=O)NC=O. The molecule has 124 valence electrons. The van der Waals surface area contributed by atoms with E-state index in [1.165, 1.54) is 0 Å². The third-order valence-corrected chi connectivity index (χ3v) is 4.17. The molecule has 1 atom stereocenters. The van der Waals surface area contributed by atoms with E-state index in [1.807, 2.05) is 17.4 Å². The summed E-state index contributed by atoms with van der Waals surface area (Å²) in [6.07, 6.45) is 1.12. The predicted octanol–water partition coefficient (Wildman–Crippen LogP) is 1.93. The minimum Gasteiger partial charge on any atom is -0.299 e. The van der Waals surface area contributed by atoms with Gasteiger partial charge >= 0.3 is 0 Å². The van der Waals surface area contributed by atoms with Crippen molar-refractivity contribution in [2.24, 2.45) is 0 Å². The number of aryl methyl sites for hydroxylation is 1. The van der Waals surface area contributed by atoms with Crippen LogP contribution in [0.3, 0.4) is 0 Å². The van der Waals surface area contributed by atoms with Crippen molar-refractivity contribution in [1.29, 1.82) is 0 Å². The van der Waals surface area contributed by atoms with Gasteiger partial charge in [0, 0.05) is 23.4 Å². The Morgan fingerprint density at radius 3 is 2.61 bits per heavy atom. The maximum atomic E-state index is 12.6. The number of rotatable bonds is 8. The van der Waals surface area contributed by atoms with Crippen LogP contribution in [0.5, 0.6) is 0 Å². The lowest BCUT2D eigenvalue weighted by Crippen LogP contribution is -2.38. The van der Waals surface area contributed by atoms with E-state index in [-0.39, 0.29) is 12.8 Å². The summed E-state index contributed by atoms with van der Waals surface area (Å²) in [4.78, 5) is 46.5. The van der Waals surface area contributed by atoms with E-state index in [0.29, 0.717) is 23.7 Å². The van der Waals surface area contributed by atoms with Gasteiger partial charge in [-0.05, 0) is 37.5 Å². The molecule has 0 bridgehead atoms. The highest BCUT2D eigenvalue weighted by Gasteiger charge is 2.23. The minimum atomic E-state index is -0.454. The molecule has 0 spiro atoms. The summed E-state index contributed by atoms with van der Waals surface area (Å²) in [7, 11) is 0. The number of nitrogens with one attached hydrogen (secondary N) is 1. The van der Waals surface area contributed by atoms with Crippen LogP contribution in [-0.2, 0) is 19.7 Å². The number of carbonyl (C=O) groups is 4. The van der Waals surface area contributed by atoms with Gasteiger partial charge in [0.1, 0.15) is 0 Å². The van der Waals surface area contributed by atoms with Crippen LogP contribution in [0, 0.1) is 6.92 Å². The summed E-state index contributed by atoms with van der Waals surface area (Å²) < 4.78 is 0. The molecule has 0 heterocycles. The maximum Gasteiger partial charge on any atom is 0.260 e. The number of benzene rings is 1. The fourth-order valence-corrected chi connectivity index (χ4v) is 2.44. The number of hydrogen-bond acceptors (Lipinski definition) is 4. The molecule has 1 unspecified atom stereocenters. The number of nitrogens with zero attached hydrogens (tertiary/aromatic N) is 1. The van der Waals surface area contributed by atoms with Crippen LogP contribution in [0.25, 0.3) is 0 Å². The second kappa shape index (κ2) is 9.19. The molecule has 0 aliphatic carbocycles. The molecule has 0 saturated heterocycles. The van der Waals surface area contributed by atoms with Crippen LogP contribution in [-0.4, -0.2) is 35.6 Å². The Kier molecular flexibility index (Phi) is 7.61. The van der Waals surface area contributed by atoms with Crippen LogP contribution in [0.1, 0.15) is 41.3 Å². The molecule has 0 fully saturated rings. The van der Waals surface area contributed by atoms with Gasteiger partial charge in [0.15, 0.2) is 0 Å². The summed E-state index contributed by atoms with van der Waals surface area (Å²) in [5.74, 6) is -0.841. The lowest BCUT2D eigenvalue weighted by Gasteiger charge is -2.24. The Bertz CT molecular complexity index is 604. The molecule has 7 heteroatoms. The van der Waals surface area contributed by atoms with Crippen molar-refractivity contribution < 1.29 is 19.2 Å². The first kappa shape index (κ1) is 19.0. The Labute approximate surface area is 143 Å². The van der Waals surface area contributed by atoms with Crippen molar-refractivity contribution in [3.63, 3.8) is 0 Å². The molecular weight excluding hydrogens is 364 g/mol. The standard InChI is InChI=1S/C16H19BrN2O4/c1-11-3-5-13(8-17)7-14(11)16(23)19(10-21)12(2)4-6-15(22)18-9-20/h3,5,7,9-10,12H,4,6,8H2,1-2H3,(H,18,20,22). The average molecular weight is 383 g/mol. The number of amides is 4. The van der Waals surface area contributed by atoms with Gasteiger partial charge in [-0.25, -0.2) is 0 Å². The van der Waals surface area contributed by atoms with Gasteiger partial charge < -0.3 is 0 Å². The van der Waals surface area contributed by atoms with Crippen LogP contribution in [0.15, 0.2) is 18.2 Å². The Morgan fingerprint density at radius 2 is 2.04 bits per heavy atom. The molecule has 0 radical (unpaired) electrons. The van der Waals surface area contributed by atoms with Gasteiger partial charge in [-0.1, -0.05) is 28.1 Å². The molecule has 0 aromatic heterocycles. The number of carbonyl (C=O) groups excluding carboxylic acids is 4. The largest absolute Gasteiger partial charge is 0.299 e. The van der Waals surface area contributed by atoms with Crippen molar-refractivity contribution >= 4 is 40.6 Å². The molecular formula is C16H19BrN2O4. The summed E-state index contributed by atoms with van der Waals surface area (Å²) in [6.45, 7) is 3.49. The first-order chi connectivity index (χ1) is 10.9. The number of alkyl halides is 1. The minimum absolute atomic E-state index is 0.0535. The van der Waals surface area contributed by atoms with Crippen molar-refractivity contribution in [2.75, 3.05) is 0 Å². The topological polar surface area (TPSA) is 83.6 Å². The van der Waals surface area contributed by atoms with Crippen LogP contribution < -0.4 is 5.32 Å². The van der Waals surface area contributed by atoms with Gasteiger partial charge in [-0.15, -0.1) is 0 Å². The van der Waals surface area contributed by atoms with Crippen LogP contribution >= 0.6 is 15.9 Å². The van der Waals surface area contributed by atoms with E-state index in [1.54, 1.807) is 19.9 Å². The van der Waals surface area contributed by atoms with Crippen molar-refractivity contribution in [3.05, 3.63) is 34.9 Å². The lowest BCUT2D eigenvalue weighted by atomic mass is 10.0. The lowest BCUT2D eigenvalue weighted by molar-refractivity contribution is -0.126. The van der Waals surface area contributed by atoms with Gasteiger partial charge in [0.05, 0.1) is 0 Å². The molecule has 1 N–H and O–H groups in total. The van der Waals surface area contributed by atoms with E-state index in [0.717, 1.165) is 16.0 Å². The van der Waals surface area contributed by atoms with E-state index < -0.39 is 17.9 Å². The molecule has 0 aliphatic rings. The maximum absolute atomic E-state index is 12.6. The highest BCUT2D eigenvalue weighted by Crippen LogP contribution is 2.17. The summed E-state index contributed by atoms with van der Waals surface area (Å²) >= 11 is 3.34. The van der Waals surface area contributed by atoms with Gasteiger partial charge in [0.2, 0.25) is 18.7 Å². The van der Waals surface area contributed by atoms with Gasteiger partial charge in [0.25, 0.3) is 5.91 Å². The highest BCUT2D eigenvalue weighted by atomic mass is 79.9. The number of imide groups is 2. The third kappa shape index (κ3) is 5.28. The molecule has 0 aliphatic heterocycles. The van der Waals surface area contributed by atoms with Crippen molar-refractivity contribution in [2.45, 2.75) is 38.1 Å². The zero-order chi connectivity index (χ0) is 17.4. The smallest absolute Gasteiger partial charge is 0.260 e. The quantitative estimate of drug-likeness (QED) is 0.549. The highest BCUT2D eigenvalue weighted by molar-refractivity contribution is 9.08. The molecule has 6 nitrogen and oxygen atoms in total. The van der Waals surface area contributed by atoms with Crippen molar-refractivity contribution in [3.8, 4) is 0 Å². The summed E-state index contributed by atoms with van der Waals surface area (Å²) in [5.41, 5.74) is 2.17. The normalized spacial score (nSPS) is 11.4. The van der Waals surface area contributed by atoms with Crippen LogP contribution in [0.4, 0.5) is 0 Å². The molecule has 1 aromatic carbocycles. The number of hydrogen-bond donors (Lipinski definition) is 1. The van der Waals surface area contributed by atoms with Gasteiger partial charge in [-0.2, -0.15) is 0 Å². The first-order valence-corrected chi connectivity index (χ1v) is 8.23. The fraction of sp³-hybridized carbons (Fsp3) is 0.375. The second-order valence-corrected chi connectivity index (χ2v) is 5.73. The Hall–Kier alpha value is -2.02. The zero-order valence-corrected chi connectivity index (χ0v) is 14.6. The molecule has 1 rings (SSSR count). The monoisotopic (exact) mass is 382 g/mol. The second-order valence-electron chi connectivity index (χ2n) is 5.17. The fourth-order valence-electron chi connectivity index (χ4n) is 2.09. The number of halogens is 1. The van der Waals surface area contributed by atoms with Crippen LogP contribution in [0.2, 0.25) is 0 Å². The molecule has 0 saturated carbocycles. The zero-order valence-electron chi connectivity index (χ0n) is 13.0. The molecule has 1 aromatic rings. The van der Waals surface area contributed by atoms with E-state index in [4.69, 9.17) is 0 Å². The summed E-state index contributed by atoms with van der Waals surface area (Å²) in [5, 5.41) is 2.63. The molecule has 23 heavy (non-hydrogen) atoms. The first-order valence-electron chi connectivity index (χ1n) is 7.11. The molecule has 4 amide bonds. The van der Waals surface area contributed by atoms with E-state index in [2.05, 4.69) is 15.9 Å². The Morgan fingerprint density at radius 1 is 1.35 bits per heavy atom. The average Bonchev–Trinajstić information content (AvgIpc) is 2.54. The van der Waals surface area contributed by atoms with E-state index in [9.17, 15) is 19.2 Å². The third-order valence-electron chi connectivity index (χ3n) is 3.52. The van der Waals surface area contributed by atoms with Crippen molar-refractivity contribution in [1.82, 2.24) is 10.2 Å².